The van der Waals surface area contributed by atoms with Gasteiger partial charge in [-0.05, 0) is 37.8 Å². The number of para-hydroxylation sites is 2. The minimum absolute atomic E-state index is 0.138. The Morgan fingerprint density at radius 3 is 2.71 bits per heavy atom. The Balaban J connectivity index is 1.89. The third kappa shape index (κ3) is 3.15. The second kappa shape index (κ2) is 7.06. The molecule has 2 aromatic rings. The minimum Gasteiger partial charge on any atom is -0.506 e. The molecule has 0 saturated heterocycles. The molecule has 5 heteroatoms. The number of imidazole rings is 1. The second-order valence-corrected chi connectivity index (χ2v) is 6.77. The average molecular weight is 325 g/mol. The number of aryl methyl sites for hydroxylation is 1. The predicted octanol–water partition coefficient (Wildman–Crippen LogP) is 2.21. The summed E-state index contributed by atoms with van der Waals surface area (Å²) in [6, 6.07) is 10.5. The molecule has 0 spiro atoms. The molecule has 126 valence electrons. The number of quaternary nitrogens is 1. The third-order valence-corrected chi connectivity index (χ3v) is 5.16. The summed E-state index contributed by atoms with van der Waals surface area (Å²) in [6.45, 7) is 0.469. The minimum atomic E-state index is 0.138. The molecule has 0 amide bonds. The molecular formula is C19H25N4O+. The summed E-state index contributed by atoms with van der Waals surface area (Å²) in [5, 5.41) is 20.2. The molecule has 1 aromatic heterocycles. The zero-order valence-electron chi connectivity index (χ0n) is 14.4. The van der Waals surface area contributed by atoms with Crippen molar-refractivity contribution in [3.63, 3.8) is 0 Å². The molecule has 1 heterocycles. The van der Waals surface area contributed by atoms with Crippen molar-refractivity contribution in [2.24, 2.45) is 7.05 Å². The maximum Gasteiger partial charge on any atom is 0.169 e. The highest BCUT2D eigenvalue weighted by molar-refractivity contribution is 5.83. The Morgan fingerprint density at radius 2 is 2.04 bits per heavy atom. The standard InChI is InChI=1S/C19H24N4O/c1-22(14-8-4-3-5-9-14)13-18(24)15(12-20)19-21-16-10-6-7-11-17(16)23(19)2/h6-7,10-11,14,24H,3-5,8-9,13H2,1-2H3/p+1/b18-15-. The molecule has 1 aliphatic carbocycles. The molecule has 1 aromatic carbocycles. The molecular weight excluding hydrogens is 300 g/mol. The fraction of sp³-hybridized carbons (Fsp3) is 0.474. The lowest BCUT2D eigenvalue weighted by Gasteiger charge is -2.28. The van der Waals surface area contributed by atoms with Gasteiger partial charge in [0.2, 0.25) is 0 Å². The van der Waals surface area contributed by atoms with Gasteiger partial charge in [0.25, 0.3) is 0 Å². The molecule has 0 aliphatic heterocycles. The number of hydrogen-bond donors (Lipinski definition) is 2. The van der Waals surface area contributed by atoms with Crippen LogP contribution < -0.4 is 4.90 Å². The van der Waals surface area contributed by atoms with Gasteiger partial charge in [-0.25, -0.2) is 4.98 Å². The first kappa shape index (κ1) is 16.5. The zero-order valence-corrected chi connectivity index (χ0v) is 14.4. The maximum atomic E-state index is 10.6. The summed E-state index contributed by atoms with van der Waals surface area (Å²) in [6.07, 6.45) is 6.25. The molecule has 1 aliphatic rings. The van der Waals surface area contributed by atoms with Crippen LogP contribution >= 0.6 is 0 Å². The van der Waals surface area contributed by atoms with Crippen molar-refractivity contribution in [3.05, 3.63) is 35.8 Å². The van der Waals surface area contributed by atoms with E-state index in [-0.39, 0.29) is 11.3 Å². The Hall–Kier alpha value is -2.32. The van der Waals surface area contributed by atoms with E-state index in [9.17, 15) is 10.4 Å². The summed E-state index contributed by atoms with van der Waals surface area (Å²) in [5.41, 5.74) is 2.08. The first-order valence-electron chi connectivity index (χ1n) is 8.68. The number of hydrogen-bond acceptors (Lipinski definition) is 3. The summed E-state index contributed by atoms with van der Waals surface area (Å²) < 4.78 is 1.88. The Kier molecular flexibility index (Phi) is 4.86. The lowest BCUT2D eigenvalue weighted by Crippen LogP contribution is -3.13. The van der Waals surface area contributed by atoms with Gasteiger partial charge in [-0.1, -0.05) is 18.6 Å². The van der Waals surface area contributed by atoms with Crippen LogP contribution in [0.1, 0.15) is 37.9 Å². The maximum absolute atomic E-state index is 10.6. The van der Waals surface area contributed by atoms with E-state index in [1.807, 2.05) is 35.9 Å². The smallest absolute Gasteiger partial charge is 0.169 e. The van der Waals surface area contributed by atoms with Crippen molar-refractivity contribution >= 4 is 16.6 Å². The van der Waals surface area contributed by atoms with Crippen molar-refractivity contribution in [1.82, 2.24) is 9.55 Å². The van der Waals surface area contributed by atoms with E-state index in [1.165, 1.54) is 37.0 Å². The van der Waals surface area contributed by atoms with Crippen LogP contribution in [0.15, 0.2) is 30.0 Å². The van der Waals surface area contributed by atoms with Gasteiger partial charge in [0.1, 0.15) is 18.2 Å². The Morgan fingerprint density at radius 1 is 1.33 bits per heavy atom. The SMILES string of the molecule is Cn1c(/C(C#N)=C(\O)C[NH+](C)C2CCCCC2)nc2ccccc21. The Bertz CT molecular complexity index is 793. The van der Waals surface area contributed by atoms with Gasteiger partial charge >= 0.3 is 0 Å². The number of allylic oxidation sites excluding steroid dienone is 1. The molecule has 3 rings (SSSR count). The van der Waals surface area contributed by atoms with E-state index in [4.69, 9.17) is 0 Å². The number of nitrogens with zero attached hydrogens (tertiary/aromatic N) is 3. The lowest BCUT2D eigenvalue weighted by molar-refractivity contribution is -0.903. The van der Waals surface area contributed by atoms with Crippen LogP contribution in [-0.4, -0.2) is 34.3 Å². The van der Waals surface area contributed by atoms with Gasteiger partial charge in [0, 0.05) is 7.05 Å². The number of aromatic nitrogens is 2. The molecule has 24 heavy (non-hydrogen) atoms. The van der Waals surface area contributed by atoms with Crippen molar-refractivity contribution in [1.29, 1.82) is 5.26 Å². The number of benzene rings is 1. The molecule has 1 fully saturated rings. The Labute approximate surface area is 142 Å². The predicted molar refractivity (Wildman–Crippen MR) is 94.5 cm³/mol. The van der Waals surface area contributed by atoms with Crippen LogP contribution in [0, 0.1) is 11.3 Å². The molecule has 0 radical (unpaired) electrons. The van der Waals surface area contributed by atoms with E-state index < -0.39 is 0 Å². The average Bonchev–Trinajstić information content (AvgIpc) is 2.93. The third-order valence-electron chi connectivity index (χ3n) is 5.16. The van der Waals surface area contributed by atoms with Gasteiger partial charge < -0.3 is 14.6 Å². The van der Waals surface area contributed by atoms with E-state index in [0.29, 0.717) is 18.4 Å². The fourth-order valence-corrected chi connectivity index (χ4v) is 3.70. The summed E-state index contributed by atoms with van der Waals surface area (Å²) >= 11 is 0. The van der Waals surface area contributed by atoms with E-state index in [2.05, 4.69) is 18.1 Å². The number of nitriles is 1. The number of aliphatic hydroxyl groups is 1. The lowest BCUT2D eigenvalue weighted by atomic mass is 9.94. The molecule has 1 atom stereocenters. The number of likely N-dealkylation sites (N-methyl/N-ethyl adjacent to an activating group) is 1. The van der Waals surface area contributed by atoms with E-state index in [0.717, 1.165) is 11.0 Å². The highest BCUT2D eigenvalue weighted by Crippen LogP contribution is 2.21. The first-order valence-corrected chi connectivity index (χ1v) is 8.68. The van der Waals surface area contributed by atoms with Crippen LogP contribution in [0.5, 0.6) is 0 Å². The number of rotatable bonds is 4. The highest BCUT2D eigenvalue weighted by Gasteiger charge is 2.24. The van der Waals surface area contributed by atoms with E-state index in [1.54, 1.807) is 0 Å². The van der Waals surface area contributed by atoms with Gasteiger partial charge in [-0.15, -0.1) is 0 Å². The van der Waals surface area contributed by atoms with Crippen molar-refractivity contribution in [3.8, 4) is 6.07 Å². The molecule has 1 unspecified atom stereocenters. The first-order chi connectivity index (χ1) is 11.6. The van der Waals surface area contributed by atoms with Gasteiger partial charge in [0.05, 0.1) is 24.1 Å². The van der Waals surface area contributed by atoms with Gasteiger partial charge in [-0.3, -0.25) is 0 Å². The van der Waals surface area contributed by atoms with Crippen LogP contribution in [0.3, 0.4) is 0 Å². The quantitative estimate of drug-likeness (QED) is 0.669. The van der Waals surface area contributed by atoms with Crippen LogP contribution in [0.25, 0.3) is 16.6 Å². The largest absolute Gasteiger partial charge is 0.506 e. The van der Waals surface area contributed by atoms with Gasteiger partial charge in [-0.2, -0.15) is 5.26 Å². The fourth-order valence-electron chi connectivity index (χ4n) is 3.70. The normalized spacial score (nSPS) is 18.2. The van der Waals surface area contributed by atoms with Crippen LogP contribution in [0.2, 0.25) is 0 Å². The number of fused-ring (bicyclic) bond motifs is 1. The van der Waals surface area contributed by atoms with Crippen LogP contribution in [-0.2, 0) is 7.05 Å². The molecule has 0 bridgehead atoms. The topological polar surface area (TPSA) is 66.3 Å². The van der Waals surface area contributed by atoms with Crippen molar-refractivity contribution in [2.45, 2.75) is 38.1 Å². The molecule has 1 saturated carbocycles. The summed E-state index contributed by atoms with van der Waals surface area (Å²) in [7, 11) is 3.99. The van der Waals surface area contributed by atoms with E-state index >= 15 is 0 Å². The highest BCUT2D eigenvalue weighted by atomic mass is 16.3. The monoisotopic (exact) mass is 325 g/mol. The summed E-state index contributed by atoms with van der Waals surface area (Å²) in [4.78, 5) is 5.81. The van der Waals surface area contributed by atoms with Gasteiger partial charge in [0.15, 0.2) is 11.6 Å². The van der Waals surface area contributed by atoms with Crippen LogP contribution in [0.4, 0.5) is 0 Å². The summed E-state index contributed by atoms with van der Waals surface area (Å²) in [5.74, 6) is 0.673. The molecule has 5 nitrogen and oxygen atoms in total. The van der Waals surface area contributed by atoms with Crippen molar-refractivity contribution in [2.75, 3.05) is 13.6 Å². The zero-order chi connectivity index (χ0) is 17.1. The number of aliphatic hydroxyl groups excluding tert-OH is 1. The molecule has 2 N–H and O–H groups in total. The number of nitrogens with one attached hydrogen (secondary N) is 1. The van der Waals surface area contributed by atoms with Crippen molar-refractivity contribution < 1.29 is 10.0 Å². The second-order valence-electron chi connectivity index (χ2n) is 6.77.